The molecule has 2 aromatic heterocycles. The number of carbonyl (C=O) groups is 2. The van der Waals surface area contributed by atoms with Crippen LogP contribution in [-0.4, -0.2) is 62.9 Å². The highest BCUT2D eigenvalue weighted by Gasteiger charge is 2.52. The minimum atomic E-state index is -1.17. The van der Waals surface area contributed by atoms with E-state index in [1.807, 2.05) is 11.0 Å². The zero-order valence-electron chi connectivity index (χ0n) is 23.4. The highest BCUT2D eigenvalue weighted by atomic mass is 32.2. The highest BCUT2D eigenvalue weighted by Crippen LogP contribution is 2.47. The molecule has 6 rings (SSSR count). The average Bonchev–Trinajstić information content (AvgIpc) is 3.43. The van der Waals surface area contributed by atoms with Gasteiger partial charge in [-0.05, 0) is 30.3 Å². The largest absolute Gasteiger partial charge is 0.480 e. The first kappa shape index (κ1) is 29.1. The molecule has 2 amide bonds. The second-order valence-electron chi connectivity index (χ2n) is 10.2. The van der Waals surface area contributed by atoms with Gasteiger partial charge in [-0.1, -0.05) is 30.0 Å². The Kier molecular flexibility index (Phi) is 8.15. The smallest absolute Gasteiger partial charge is 0.257 e. The minimum Gasteiger partial charge on any atom is -0.480 e. The van der Waals surface area contributed by atoms with E-state index >= 15 is 4.39 Å². The highest BCUT2D eigenvalue weighted by molar-refractivity contribution is 8.13. The summed E-state index contributed by atoms with van der Waals surface area (Å²) < 4.78 is 34.4. The van der Waals surface area contributed by atoms with Crippen molar-refractivity contribution in [1.82, 2.24) is 25.3 Å². The van der Waals surface area contributed by atoms with Crippen molar-refractivity contribution in [3.05, 3.63) is 102 Å². The van der Waals surface area contributed by atoms with Crippen LogP contribution in [0.4, 0.5) is 20.4 Å². The van der Waals surface area contributed by atoms with Crippen molar-refractivity contribution >= 4 is 40.4 Å². The number of rotatable bonds is 7. The van der Waals surface area contributed by atoms with Gasteiger partial charge in [0, 0.05) is 35.0 Å². The van der Waals surface area contributed by atoms with Crippen molar-refractivity contribution in [2.24, 2.45) is 10.9 Å². The molecule has 0 bridgehead atoms. The molecule has 4 heterocycles. The van der Waals surface area contributed by atoms with Crippen LogP contribution < -0.4 is 20.3 Å². The van der Waals surface area contributed by atoms with Gasteiger partial charge in [0.15, 0.2) is 11.0 Å². The third kappa shape index (κ3) is 6.06. The number of nitrogens with zero attached hydrogens (tertiary/aromatic N) is 6. The van der Waals surface area contributed by atoms with Crippen LogP contribution in [0.3, 0.4) is 0 Å². The number of halogens is 2. The van der Waals surface area contributed by atoms with Crippen LogP contribution in [0.1, 0.15) is 21.6 Å². The van der Waals surface area contributed by atoms with Gasteiger partial charge in [-0.25, -0.2) is 28.7 Å². The Morgan fingerprint density at radius 3 is 2.55 bits per heavy atom. The Bertz CT molecular complexity index is 1710. The molecule has 2 aromatic carbocycles. The number of amides is 2. The van der Waals surface area contributed by atoms with Crippen LogP contribution in [0.15, 0.2) is 78.3 Å². The van der Waals surface area contributed by atoms with E-state index in [0.717, 1.165) is 12.4 Å². The van der Waals surface area contributed by atoms with Gasteiger partial charge in [0.2, 0.25) is 17.7 Å². The predicted octanol–water partition coefficient (Wildman–Crippen LogP) is 3.60. The third-order valence-electron chi connectivity index (χ3n) is 7.37. The van der Waals surface area contributed by atoms with E-state index in [2.05, 4.69) is 30.6 Å². The number of aliphatic imine (C=N–C) groups is 1. The number of anilines is 2. The van der Waals surface area contributed by atoms with Gasteiger partial charge in [-0.3, -0.25) is 14.6 Å². The molecule has 2 N–H and O–H groups in total. The van der Waals surface area contributed by atoms with Crippen LogP contribution in [0, 0.1) is 17.6 Å². The second kappa shape index (κ2) is 12.3. The molecule has 11 nitrogen and oxygen atoms in total. The number of hydrogen-bond acceptors (Lipinski definition) is 10. The maximum atomic E-state index is 15.8. The molecule has 0 saturated carbocycles. The van der Waals surface area contributed by atoms with Crippen LogP contribution in [-0.2, 0) is 16.8 Å². The minimum absolute atomic E-state index is 0.0579. The van der Waals surface area contributed by atoms with Crippen molar-refractivity contribution in [2.45, 2.75) is 12.0 Å². The quantitative estimate of drug-likeness (QED) is 0.319. The lowest BCUT2D eigenvalue weighted by molar-refractivity contribution is -0.115. The van der Waals surface area contributed by atoms with Gasteiger partial charge >= 0.3 is 0 Å². The summed E-state index contributed by atoms with van der Waals surface area (Å²) in [5, 5.41) is 6.01. The van der Waals surface area contributed by atoms with Gasteiger partial charge in [0.1, 0.15) is 11.4 Å². The van der Waals surface area contributed by atoms with E-state index in [1.165, 1.54) is 43.4 Å². The molecular weight excluding hydrogens is 590 g/mol. The average molecular weight is 617 g/mol. The molecule has 0 aliphatic carbocycles. The maximum Gasteiger partial charge on any atom is 0.257 e. The molecule has 2 atom stereocenters. The molecule has 44 heavy (non-hydrogen) atoms. The standard InChI is InChI=1S/C30H26F2N8O3S/c1-43-26-14-33-22(13-34-26)10-25(41)37-21-7-8-24(32)23(9-21)30-17-40(28-35-11-20(31)12-36-28)15-19(30)16-44-29(39-30)38-27(42)18-5-3-2-4-6-18/h2-9,11-14,19H,10,15-17H2,1H3,(H,37,41)(H,38,39,42)/t19-,30-/m0/s1. The molecular formula is C30H26F2N8O3S. The van der Waals surface area contributed by atoms with Gasteiger partial charge < -0.3 is 20.3 Å². The van der Waals surface area contributed by atoms with Crippen LogP contribution in [0.5, 0.6) is 5.88 Å². The van der Waals surface area contributed by atoms with Crippen molar-refractivity contribution in [2.75, 3.05) is 36.2 Å². The molecule has 1 saturated heterocycles. The molecule has 0 spiro atoms. The normalized spacial score (nSPS) is 19.1. The first-order chi connectivity index (χ1) is 21.3. The van der Waals surface area contributed by atoms with Gasteiger partial charge in [0.05, 0.1) is 50.6 Å². The number of nitrogens with one attached hydrogen (secondary N) is 2. The fourth-order valence-electron chi connectivity index (χ4n) is 5.27. The number of fused-ring (bicyclic) bond motifs is 1. The summed E-state index contributed by atoms with van der Waals surface area (Å²) in [5.74, 6) is -0.942. The number of amidine groups is 1. The molecule has 0 unspecified atom stereocenters. The Balaban J connectivity index is 1.32. The summed E-state index contributed by atoms with van der Waals surface area (Å²) in [6, 6.07) is 13.0. The zero-order valence-corrected chi connectivity index (χ0v) is 24.2. The second-order valence-corrected chi connectivity index (χ2v) is 11.2. The Morgan fingerprint density at radius 1 is 1.02 bits per heavy atom. The monoisotopic (exact) mass is 616 g/mol. The van der Waals surface area contributed by atoms with E-state index in [-0.39, 0.29) is 42.2 Å². The van der Waals surface area contributed by atoms with E-state index in [1.54, 1.807) is 30.3 Å². The molecule has 4 aromatic rings. The van der Waals surface area contributed by atoms with Gasteiger partial charge in [-0.2, -0.15) is 0 Å². The molecule has 2 aliphatic heterocycles. The van der Waals surface area contributed by atoms with E-state index < -0.39 is 17.2 Å². The lowest BCUT2D eigenvalue weighted by atomic mass is 9.81. The fraction of sp³-hybridized carbons (Fsp3) is 0.233. The number of methoxy groups -OCH3 is 1. The van der Waals surface area contributed by atoms with Crippen LogP contribution in [0.2, 0.25) is 0 Å². The molecule has 2 aliphatic rings. The summed E-state index contributed by atoms with van der Waals surface area (Å²) in [6.07, 6.45) is 4.96. The van der Waals surface area contributed by atoms with E-state index in [0.29, 0.717) is 40.3 Å². The van der Waals surface area contributed by atoms with E-state index in [9.17, 15) is 14.0 Å². The summed E-state index contributed by atoms with van der Waals surface area (Å²) in [5.41, 5.74) is 0.316. The predicted molar refractivity (Wildman–Crippen MR) is 160 cm³/mol. The lowest BCUT2D eigenvalue weighted by Crippen LogP contribution is -2.43. The maximum absolute atomic E-state index is 15.8. The topological polar surface area (TPSA) is 135 Å². The van der Waals surface area contributed by atoms with Gasteiger partial charge in [0.25, 0.3) is 5.91 Å². The zero-order chi connectivity index (χ0) is 30.7. The van der Waals surface area contributed by atoms with E-state index in [4.69, 9.17) is 9.73 Å². The van der Waals surface area contributed by atoms with Gasteiger partial charge in [-0.15, -0.1) is 0 Å². The molecule has 0 radical (unpaired) electrons. The number of hydrogen-bond donors (Lipinski definition) is 2. The Morgan fingerprint density at radius 2 is 1.82 bits per heavy atom. The van der Waals surface area contributed by atoms with Crippen LogP contribution in [0.25, 0.3) is 0 Å². The number of benzene rings is 2. The lowest BCUT2D eigenvalue weighted by Gasteiger charge is -2.35. The summed E-state index contributed by atoms with van der Waals surface area (Å²) >= 11 is 1.36. The van der Waals surface area contributed by atoms with Crippen molar-refractivity contribution in [1.29, 1.82) is 0 Å². The first-order valence-electron chi connectivity index (χ1n) is 13.6. The fourth-order valence-corrected chi connectivity index (χ4v) is 6.40. The molecule has 14 heteroatoms. The number of aromatic nitrogens is 4. The summed E-state index contributed by atoms with van der Waals surface area (Å²) in [7, 11) is 1.47. The number of ether oxygens (including phenoxy) is 1. The van der Waals surface area contributed by atoms with Crippen molar-refractivity contribution in [3.63, 3.8) is 0 Å². The van der Waals surface area contributed by atoms with Crippen LogP contribution >= 0.6 is 11.8 Å². The molecule has 1 fully saturated rings. The van der Waals surface area contributed by atoms with Crippen molar-refractivity contribution < 1.29 is 23.1 Å². The summed E-state index contributed by atoms with van der Waals surface area (Å²) in [6.45, 7) is 0.568. The molecule has 224 valence electrons. The first-order valence-corrected chi connectivity index (χ1v) is 14.6. The number of carbonyl (C=O) groups excluding carboxylic acids is 2. The van der Waals surface area contributed by atoms with Crippen molar-refractivity contribution in [3.8, 4) is 5.88 Å². The Labute approximate surface area is 255 Å². The third-order valence-corrected chi connectivity index (χ3v) is 8.40. The summed E-state index contributed by atoms with van der Waals surface area (Å²) in [4.78, 5) is 49.1. The Hall–Kier alpha value is -4.98. The SMILES string of the molecule is COc1cnc(CC(=O)Nc2ccc(F)c([C@]34CN(c5ncc(F)cn5)C[C@H]3CSC(NC(=O)c3ccccc3)=N4)c2)cn1. The number of thioether (sulfide) groups is 1.